The zero-order valence-electron chi connectivity index (χ0n) is 34.4. The predicted octanol–water partition coefficient (Wildman–Crippen LogP) is 17.3. The van der Waals surface area contributed by atoms with Gasteiger partial charge in [-0.1, -0.05) is 170 Å². The Hall–Kier alpha value is -8.40. The molecule has 0 radical (unpaired) electrons. The van der Waals surface area contributed by atoms with Gasteiger partial charge < -0.3 is 14.2 Å². The molecule has 63 heavy (non-hydrogen) atoms. The number of hydrogen-bond donors (Lipinski definition) is 0. The molecule has 0 aliphatic carbocycles. The zero-order chi connectivity index (χ0) is 41.7. The molecule has 296 valence electrons. The fourth-order valence-corrected chi connectivity index (χ4v) is 9.33. The van der Waals surface area contributed by atoms with E-state index in [1.165, 1.54) is 32.7 Å². The van der Waals surface area contributed by atoms with Crippen LogP contribution in [0.15, 0.2) is 247 Å². The standard InChI is InChI=1S/C60H40N2O/c1-4-17-41(18-5-1)45-26-16-29-50(33-45)62(51-32-31-42-19-10-11-22-44(42)34-51)58-40-53(39-57-56-36-46-23-12-13-24-47(46)37-59(56)63-60(57)58)61(49-27-8-3-9-28-49)52-35-48-25-14-15-30-54(48)55(38-52)43-20-6-2-7-21-43/h1-40H. The van der Waals surface area contributed by atoms with Crippen LogP contribution in [0, 0.1) is 0 Å². The third-order valence-electron chi connectivity index (χ3n) is 12.3. The Balaban J connectivity index is 1.18. The molecule has 0 N–H and O–H groups in total. The van der Waals surface area contributed by atoms with Gasteiger partial charge in [0.1, 0.15) is 5.58 Å². The molecule has 0 aliphatic heterocycles. The summed E-state index contributed by atoms with van der Waals surface area (Å²) in [5.74, 6) is 0. The summed E-state index contributed by atoms with van der Waals surface area (Å²) in [6.07, 6.45) is 0. The van der Waals surface area contributed by atoms with E-state index in [1.54, 1.807) is 0 Å². The number of fused-ring (bicyclic) bond motifs is 6. The SMILES string of the molecule is c1ccc(-c2cccc(N(c3ccc4ccccc4c3)c3cc(N(c4ccccc4)c4cc(-c5ccccc5)c5ccccc5c4)cc4c3oc3cc5ccccc5cc34)c2)cc1. The maximum Gasteiger partial charge on any atom is 0.159 e. The van der Waals surface area contributed by atoms with Crippen molar-refractivity contribution in [3.63, 3.8) is 0 Å². The lowest BCUT2D eigenvalue weighted by Gasteiger charge is -2.30. The molecule has 0 amide bonds. The lowest BCUT2D eigenvalue weighted by molar-refractivity contribution is 0.669. The summed E-state index contributed by atoms with van der Waals surface area (Å²) in [5, 5.41) is 9.16. The van der Waals surface area contributed by atoms with Crippen LogP contribution in [-0.4, -0.2) is 0 Å². The summed E-state index contributed by atoms with van der Waals surface area (Å²) in [7, 11) is 0. The highest BCUT2D eigenvalue weighted by molar-refractivity contribution is 6.16. The maximum absolute atomic E-state index is 7.14. The molecule has 3 heteroatoms. The van der Waals surface area contributed by atoms with E-state index in [2.05, 4.69) is 252 Å². The van der Waals surface area contributed by atoms with Gasteiger partial charge in [0.2, 0.25) is 0 Å². The number of anilines is 6. The first-order valence-electron chi connectivity index (χ1n) is 21.5. The molecule has 0 atom stereocenters. The Labute approximate surface area is 365 Å². The molecule has 12 aromatic rings. The first-order chi connectivity index (χ1) is 31.2. The highest BCUT2D eigenvalue weighted by Gasteiger charge is 2.25. The predicted molar refractivity (Wildman–Crippen MR) is 266 cm³/mol. The van der Waals surface area contributed by atoms with E-state index in [4.69, 9.17) is 4.42 Å². The molecule has 3 nitrogen and oxygen atoms in total. The third kappa shape index (κ3) is 6.55. The second kappa shape index (κ2) is 15.3. The fraction of sp³-hybridized carbons (Fsp3) is 0. The molecule has 1 heterocycles. The molecule has 0 aliphatic rings. The topological polar surface area (TPSA) is 19.6 Å². The Bertz CT molecular complexity index is 3630. The quantitative estimate of drug-likeness (QED) is 0.153. The summed E-state index contributed by atoms with van der Waals surface area (Å²) in [6.45, 7) is 0. The monoisotopic (exact) mass is 804 g/mol. The molecule has 12 rings (SSSR count). The van der Waals surface area contributed by atoms with Gasteiger partial charge >= 0.3 is 0 Å². The van der Waals surface area contributed by atoms with Crippen LogP contribution in [0.5, 0.6) is 0 Å². The van der Waals surface area contributed by atoms with E-state index in [9.17, 15) is 0 Å². The number of hydrogen-bond acceptors (Lipinski definition) is 3. The molecular weight excluding hydrogens is 765 g/mol. The van der Waals surface area contributed by atoms with Crippen LogP contribution in [-0.2, 0) is 0 Å². The van der Waals surface area contributed by atoms with Gasteiger partial charge in [0, 0.05) is 39.2 Å². The van der Waals surface area contributed by atoms with Crippen LogP contribution in [0.3, 0.4) is 0 Å². The summed E-state index contributed by atoms with van der Waals surface area (Å²) < 4.78 is 7.14. The second-order valence-electron chi connectivity index (χ2n) is 16.2. The normalized spacial score (nSPS) is 11.5. The third-order valence-corrected chi connectivity index (χ3v) is 12.3. The van der Waals surface area contributed by atoms with E-state index in [1.807, 2.05) is 0 Å². The van der Waals surface area contributed by atoms with Crippen molar-refractivity contribution in [1.82, 2.24) is 0 Å². The van der Waals surface area contributed by atoms with Gasteiger partial charge in [-0.05, 0) is 127 Å². The Morgan fingerprint density at radius 2 is 0.825 bits per heavy atom. The molecular formula is C60H40N2O. The van der Waals surface area contributed by atoms with Crippen molar-refractivity contribution in [3.05, 3.63) is 243 Å². The average Bonchev–Trinajstić information content (AvgIpc) is 3.71. The summed E-state index contributed by atoms with van der Waals surface area (Å²) in [5.41, 5.74) is 12.4. The van der Waals surface area contributed by atoms with E-state index < -0.39 is 0 Å². The Kier molecular flexibility index (Phi) is 8.83. The first-order valence-corrected chi connectivity index (χ1v) is 21.5. The second-order valence-corrected chi connectivity index (χ2v) is 16.2. The van der Waals surface area contributed by atoms with E-state index in [-0.39, 0.29) is 0 Å². The molecule has 0 unspecified atom stereocenters. The van der Waals surface area contributed by atoms with Crippen molar-refractivity contribution in [2.75, 3.05) is 9.80 Å². The largest absolute Gasteiger partial charge is 0.454 e. The van der Waals surface area contributed by atoms with Gasteiger partial charge in [0.15, 0.2) is 5.58 Å². The van der Waals surface area contributed by atoms with Crippen molar-refractivity contribution in [1.29, 1.82) is 0 Å². The van der Waals surface area contributed by atoms with Crippen molar-refractivity contribution in [3.8, 4) is 22.3 Å². The fourth-order valence-electron chi connectivity index (χ4n) is 9.33. The molecule has 0 saturated heterocycles. The zero-order valence-corrected chi connectivity index (χ0v) is 34.4. The van der Waals surface area contributed by atoms with Crippen LogP contribution in [0.1, 0.15) is 0 Å². The molecule has 0 fully saturated rings. The molecule has 1 aromatic heterocycles. The van der Waals surface area contributed by atoms with Crippen molar-refractivity contribution in [2.24, 2.45) is 0 Å². The van der Waals surface area contributed by atoms with Gasteiger partial charge in [-0.25, -0.2) is 0 Å². The molecule has 0 bridgehead atoms. The Morgan fingerprint density at radius 1 is 0.270 bits per heavy atom. The van der Waals surface area contributed by atoms with Gasteiger partial charge in [-0.3, -0.25) is 0 Å². The van der Waals surface area contributed by atoms with Crippen molar-refractivity contribution in [2.45, 2.75) is 0 Å². The number of nitrogens with zero attached hydrogens (tertiary/aromatic N) is 2. The lowest BCUT2D eigenvalue weighted by Crippen LogP contribution is -2.14. The number of para-hydroxylation sites is 1. The van der Waals surface area contributed by atoms with Gasteiger partial charge in [-0.15, -0.1) is 0 Å². The van der Waals surface area contributed by atoms with Crippen LogP contribution in [0.4, 0.5) is 34.1 Å². The lowest BCUT2D eigenvalue weighted by atomic mass is 9.96. The van der Waals surface area contributed by atoms with E-state index in [0.717, 1.165) is 78.0 Å². The van der Waals surface area contributed by atoms with Crippen molar-refractivity contribution >= 4 is 88.4 Å². The summed E-state index contributed by atoms with van der Waals surface area (Å²) in [6, 6.07) is 87.3. The minimum absolute atomic E-state index is 0.818. The summed E-state index contributed by atoms with van der Waals surface area (Å²) >= 11 is 0. The van der Waals surface area contributed by atoms with Crippen LogP contribution < -0.4 is 9.80 Å². The minimum atomic E-state index is 0.818. The van der Waals surface area contributed by atoms with Crippen LogP contribution in [0.25, 0.3) is 76.5 Å². The number of benzene rings is 11. The average molecular weight is 805 g/mol. The van der Waals surface area contributed by atoms with Crippen LogP contribution in [0.2, 0.25) is 0 Å². The van der Waals surface area contributed by atoms with Gasteiger partial charge in [0.25, 0.3) is 0 Å². The van der Waals surface area contributed by atoms with Gasteiger partial charge in [0.05, 0.1) is 5.69 Å². The number of rotatable bonds is 8. The highest BCUT2D eigenvalue weighted by atomic mass is 16.3. The first kappa shape index (κ1) is 36.5. The van der Waals surface area contributed by atoms with Crippen molar-refractivity contribution < 1.29 is 4.42 Å². The number of furan rings is 1. The van der Waals surface area contributed by atoms with E-state index in [0.29, 0.717) is 0 Å². The molecule has 11 aromatic carbocycles. The molecule has 0 saturated carbocycles. The van der Waals surface area contributed by atoms with E-state index >= 15 is 0 Å². The smallest absolute Gasteiger partial charge is 0.159 e. The van der Waals surface area contributed by atoms with Crippen LogP contribution >= 0.6 is 0 Å². The van der Waals surface area contributed by atoms with Gasteiger partial charge in [-0.2, -0.15) is 0 Å². The molecule has 0 spiro atoms. The maximum atomic E-state index is 7.14. The highest BCUT2D eigenvalue weighted by Crippen LogP contribution is 2.49. The summed E-state index contributed by atoms with van der Waals surface area (Å²) in [4.78, 5) is 4.78. The Morgan fingerprint density at radius 3 is 1.59 bits per heavy atom. The minimum Gasteiger partial charge on any atom is -0.454 e.